The first-order chi connectivity index (χ1) is 12.0. The van der Waals surface area contributed by atoms with Crippen LogP contribution in [0, 0.1) is 18.6 Å². The Balaban J connectivity index is 1.90. The van der Waals surface area contributed by atoms with Crippen molar-refractivity contribution in [1.29, 1.82) is 0 Å². The summed E-state index contributed by atoms with van der Waals surface area (Å²) in [6, 6.07) is 8.47. The van der Waals surface area contributed by atoms with Gasteiger partial charge in [0.2, 0.25) is 0 Å². The summed E-state index contributed by atoms with van der Waals surface area (Å²) >= 11 is 0. The largest absolute Gasteiger partial charge is 0.489 e. The highest BCUT2D eigenvalue weighted by Gasteiger charge is 2.20. The third-order valence-corrected chi connectivity index (χ3v) is 3.76. The Morgan fingerprint density at radius 3 is 2.56 bits per heavy atom. The van der Waals surface area contributed by atoms with E-state index in [2.05, 4.69) is 0 Å². The standard InChI is InChI=1S/C19H16F2O4/c1-3-23-19(22)18-11(2)25-17-8-7-12(9-13(17)18)24-10-14-15(20)5-4-6-16(14)21/h4-9H,3,10H2,1-2H3. The highest BCUT2D eigenvalue weighted by atomic mass is 19.1. The molecule has 0 amide bonds. The number of ether oxygens (including phenoxy) is 2. The normalized spacial score (nSPS) is 10.9. The van der Waals surface area contributed by atoms with Gasteiger partial charge < -0.3 is 13.9 Å². The van der Waals surface area contributed by atoms with Crippen molar-refractivity contribution in [1.82, 2.24) is 0 Å². The number of rotatable bonds is 5. The van der Waals surface area contributed by atoms with Crippen LogP contribution in [0.4, 0.5) is 8.78 Å². The molecular weight excluding hydrogens is 330 g/mol. The van der Waals surface area contributed by atoms with Gasteiger partial charge in [-0.3, -0.25) is 0 Å². The molecule has 0 saturated heterocycles. The number of carbonyl (C=O) groups excluding carboxylic acids is 1. The Kier molecular flexibility index (Phi) is 4.70. The lowest BCUT2D eigenvalue weighted by Gasteiger charge is -2.08. The number of fused-ring (bicyclic) bond motifs is 1. The third kappa shape index (κ3) is 3.33. The third-order valence-electron chi connectivity index (χ3n) is 3.76. The van der Waals surface area contributed by atoms with Crippen molar-refractivity contribution in [3.8, 4) is 5.75 Å². The molecule has 0 unspecified atom stereocenters. The fourth-order valence-corrected chi connectivity index (χ4v) is 2.57. The summed E-state index contributed by atoms with van der Waals surface area (Å²) in [5.41, 5.74) is 0.668. The quantitative estimate of drug-likeness (QED) is 0.624. The molecule has 6 heteroatoms. The number of halogens is 2. The van der Waals surface area contributed by atoms with Gasteiger partial charge in [0, 0.05) is 5.39 Å². The summed E-state index contributed by atoms with van der Waals surface area (Å²) in [7, 11) is 0. The maximum Gasteiger partial charge on any atom is 0.342 e. The van der Waals surface area contributed by atoms with Crippen molar-refractivity contribution in [2.75, 3.05) is 6.61 Å². The van der Waals surface area contributed by atoms with E-state index >= 15 is 0 Å². The number of carbonyl (C=O) groups is 1. The van der Waals surface area contributed by atoms with E-state index < -0.39 is 17.6 Å². The second kappa shape index (κ2) is 6.93. The van der Waals surface area contributed by atoms with Crippen molar-refractivity contribution < 1.29 is 27.5 Å². The molecule has 4 nitrogen and oxygen atoms in total. The molecule has 0 fully saturated rings. The van der Waals surface area contributed by atoms with Crippen LogP contribution in [0.2, 0.25) is 0 Å². The minimum absolute atomic E-state index is 0.156. The first-order valence-corrected chi connectivity index (χ1v) is 7.77. The van der Waals surface area contributed by atoms with Gasteiger partial charge in [0.1, 0.15) is 40.9 Å². The van der Waals surface area contributed by atoms with E-state index in [-0.39, 0.29) is 18.8 Å². The Bertz CT molecular complexity index is 910. The molecule has 0 spiro atoms. The van der Waals surface area contributed by atoms with Gasteiger partial charge in [-0.1, -0.05) is 6.07 Å². The number of hydrogen-bond donors (Lipinski definition) is 0. The minimum Gasteiger partial charge on any atom is -0.489 e. The number of hydrogen-bond acceptors (Lipinski definition) is 4. The van der Waals surface area contributed by atoms with Crippen molar-refractivity contribution >= 4 is 16.9 Å². The van der Waals surface area contributed by atoms with Crippen LogP contribution in [-0.2, 0) is 11.3 Å². The maximum atomic E-state index is 13.7. The maximum absolute atomic E-state index is 13.7. The SMILES string of the molecule is CCOC(=O)c1c(C)oc2ccc(OCc3c(F)cccc3F)cc12. The number of aryl methyl sites for hydroxylation is 1. The van der Waals surface area contributed by atoms with E-state index in [4.69, 9.17) is 13.9 Å². The number of furan rings is 1. The number of benzene rings is 2. The Morgan fingerprint density at radius 1 is 1.16 bits per heavy atom. The molecule has 0 aliphatic rings. The molecule has 3 rings (SSSR count). The van der Waals surface area contributed by atoms with Crippen LogP contribution >= 0.6 is 0 Å². The molecule has 0 bridgehead atoms. The molecule has 1 heterocycles. The van der Waals surface area contributed by atoms with E-state index in [9.17, 15) is 13.6 Å². The molecule has 25 heavy (non-hydrogen) atoms. The van der Waals surface area contributed by atoms with Gasteiger partial charge in [0.05, 0.1) is 12.2 Å². The zero-order chi connectivity index (χ0) is 18.0. The van der Waals surface area contributed by atoms with Crippen LogP contribution in [0.25, 0.3) is 11.0 Å². The summed E-state index contributed by atoms with van der Waals surface area (Å²) in [4.78, 5) is 12.1. The van der Waals surface area contributed by atoms with Gasteiger partial charge in [0.15, 0.2) is 0 Å². The molecule has 1 aromatic heterocycles. The van der Waals surface area contributed by atoms with E-state index in [1.54, 1.807) is 32.0 Å². The van der Waals surface area contributed by atoms with Crippen LogP contribution in [0.1, 0.15) is 28.6 Å². The van der Waals surface area contributed by atoms with Crippen LogP contribution in [-0.4, -0.2) is 12.6 Å². The molecule has 3 aromatic rings. The van der Waals surface area contributed by atoms with E-state index in [1.165, 1.54) is 18.2 Å². The molecule has 0 aliphatic heterocycles. The monoisotopic (exact) mass is 346 g/mol. The zero-order valence-corrected chi connectivity index (χ0v) is 13.8. The lowest BCUT2D eigenvalue weighted by atomic mass is 10.1. The van der Waals surface area contributed by atoms with Crippen molar-refractivity contribution in [3.05, 3.63) is 64.9 Å². The van der Waals surface area contributed by atoms with Crippen LogP contribution < -0.4 is 4.74 Å². The topological polar surface area (TPSA) is 48.7 Å². The van der Waals surface area contributed by atoms with Gasteiger partial charge in [-0.2, -0.15) is 0 Å². The van der Waals surface area contributed by atoms with Gasteiger partial charge in [-0.05, 0) is 44.2 Å². The van der Waals surface area contributed by atoms with Crippen LogP contribution in [0.15, 0.2) is 40.8 Å². The Morgan fingerprint density at radius 2 is 1.88 bits per heavy atom. The second-order valence-electron chi connectivity index (χ2n) is 5.40. The first kappa shape index (κ1) is 17.0. The molecule has 0 saturated carbocycles. The zero-order valence-electron chi connectivity index (χ0n) is 13.8. The van der Waals surface area contributed by atoms with E-state index in [0.717, 1.165) is 0 Å². The van der Waals surface area contributed by atoms with Gasteiger partial charge in [-0.25, -0.2) is 13.6 Å². The Labute approximate surface area is 143 Å². The van der Waals surface area contributed by atoms with Gasteiger partial charge >= 0.3 is 5.97 Å². The van der Waals surface area contributed by atoms with Crippen LogP contribution in [0.5, 0.6) is 5.75 Å². The predicted octanol–water partition coefficient (Wildman–Crippen LogP) is 4.78. The Hall–Kier alpha value is -2.89. The molecule has 130 valence electrons. The fourth-order valence-electron chi connectivity index (χ4n) is 2.57. The summed E-state index contributed by atoms with van der Waals surface area (Å²) in [5, 5.41) is 0.530. The molecular formula is C19H16F2O4. The average Bonchev–Trinajstić information content (AvgIpc) is 2.89. The lowest BCUT2D eigenvalue weighted by molar-refractivity contribution is 0.0526. The van der Waals surface area contributed by atoms with Crippen molar-refractivity contribution in [3.63, 3.8) is 0 Å². The summed E-state index contributed by atoms with van der Waals surface area (Å²) in [6.45, 7) is 3.36. The van der Waals surface area contributed by atoms with Gasteiger partial charge in [0.25, 0.3) is 0 Å². The molecule has 0 aliphatic carbocycles. The molecule has 0 radical (unpaired) electrons. The van der Waals surface area contributed by atoms with E-state index in [0.29, 0.717) is 28.0 Å². The smallest absolute Gasteiger partial charge is 0.342 e. The first-order valence-electron chi connectivity index (χ1n) is 7.77. The highest BCUT2D eigenvalue weighted by molar-refractivity contribution is 6.04. The highest BCUT2D eigenvalue weighted by Crippen LogP contribution is 2.30. The predicted molar refractivity (Wildman–Crippen MR) is 87.6 cm³/mol. The lowest BCUT2D eigenvalue weighted by Crippen LogP contribution is -2.05. The molecule has 2 aromatic carbocycles. The average molecular weight is 346 g/mol. The van der Waals surface area contributed by atoms with Crippen molar-refractivity contribution in [2.45, 2.75) is 20.5 Å². The van der Waals surface area contributed by atoms with Crippen LogP contribution in [0.3, 0.4) is 0 Å². The second-order valence-corrected chi connectivity index (χ2v) is 5.40. The van der Waals surface area contributed by atoms with E-state index in [1.807, 2.05) is 0 Å². The fraction of sp³-hybridized carbons (Fsp3) is 0.211. The summed E-state index contributed by atoms with van der Waals surface area (Å²) in [5.74, 6) is -1.04. The number of esters is 1. The molecule has 0 N–H and O–H groups in total. The minimum atomic E-state index is -0.674. The molecule has 0 atom stereocenters. The van der Waals surface area contributed by atoms with Gasteiger partial charge in [-0.15, -0.1) is 0 Å². The van der Waals surface area contributed by atoms with Crippen molar-refractivity contribution in [2.24, 2.45) is 0 Å². The summed E-state index contributed by atoms with van der Waals surface area (Å²) in [6.07, 6.45) is 0. The summed E-state index contributed by atoms with van der Waals surface area (Å²) < 4.78 is 43.4.